The Balaban J connectivity index is 0. The van der Waals surface area contributed by atoms with Gasteiger partial charge in [0.25, 0.3) is 0 Å². The Hall–Kier alpha value is 0.501. The molecule has 0 aliphatic heterocycles. The van der Waals surface area contributed by atoms with Gasteiger partial charge >= 0.3 is 137 Å². The minimum Gasteiger partial charge on any atom is -1.00 e. The number of benzene rings is 1. The third-order valence-electron chi connectivity index (χ3n) is 4.93. The fourth-order valence-electron chi connectivity index (χ4n) is 3.48. The predicted octanol–water partition coefficient (Wildman–Crippen LogP) is -4.21. The molecule has 0 nitrogen and oxygen atoms in total. The number of hydrogen-bond acceptors (Lipinski definition) is 0. The molecule has 0 N–H and O–H groups in total. The van der Waals surface area contributed by atoms with Crippen molar-refractivity contribution in [3.8, 4) is 0 Å². The van der Waals surface area contributed by atoms with Gasteiger partial charge in [0, 0.05) is 0 Å². The van der Waals surface area contributed by atoms with Crippen molar-refractivity contribution in [2.45, 2.75) is 43.1 Å². The Kier molecular flexibility index (Phi) is 11.7. The molecule has 23 heavy (non-hydrogen) atoms. The first-order chi connectivity index (χ1) is 9.49. The Bertz CT molecular complexity index is 524. The van der Waals surface area contributed by atoms with E-state index < -0.39 is 8.07 Å². The van der Waals surface area contributed by atoms with Gasteiger partial charge in [0.1, 0.15) is 0 Å². The van der Waals surface area contributed by atoms with Crippen molar-refractivity contribution in [1.82, 2.24) is 0 Å². The first-order valence-corrected chi connectivity index (χ1v) is 10.9. The van der Waals surface area contributed by atoms with Gasteiger partial charge in [-0.3, -0.25) is 0 Å². The van der Waals surface area contributed by atoms with Crippen LogP contribution in [0.5, 0.6) is 0 Å². The van der Waals surface area contributed by atoms with E-state index in [1.807, 2.05) is 0 Å². The third kappa shape index (κ3) is 4.78. The van der Waals surface area contributed by atoms with Gasteiger partial charge in [-0.2, -0.15) is 0 Å². The zero-order valence-electron chi connectivity index (χ0n) is 14.2. The molecule has 5 heteroatoms. The summed E-state index contributed by atoms with van der Waals surface area (Å²) >= 11 is 2.46. The van der Waals surface area contributed by atoms with Crippen molar-refractivity contribution in [2.75, 3.05) is 0 Å². The summed E-state index contributed by atoms with van der Waals surface area (Å²) in [5.41, 5.74) is 1.52. The number of rotatable bonds is 5. The molecule has 0 radical (unpaired) electrons. The van der Waals surface area contributed by atoms with E-state index in [0.717, 1.165) is 0 Å². The summed E-state index contributed by atoms with van der Waals surface area (Å²) in [7, 11) is -1.56. The van der Waals surface area contributed by atoms with E-state index in [-0.39, 0.29) is 40.6 Å². The van der Waals surface area contributed by atoms with Crippen LogP contribution in [-0.2, 0) is 20.4 Å². The van der Waals surface area contributed by atoms with E-state index in [4.69, 9.17) is 0 Å². The van der Waals surface area contributed by atoms with Gasteiger partial charge in [-0.1, -0.05) is 0 Å². The second-order valence-electron chi connectivity index (χ2n) is 6.16. The van der Waals surface area contributed by atoms with Crippen molar-refractivity contribution in [2.24, 2.45) is 5.92 Å². The minimum absolute atomic E-state index is 0. The van der Waals surface area contributed by atoms with Crippen LogP contribution in [0.1, 0.15) is 27.7 Å². The van der Waals surface area contributed by atoms with Crippen LogP contribution in [0.15, 0.2) is 54.1 Å². The summed E-state index contributed by atoms with van der Waals surface area (Å²) in [6, 6.07) is 13.9. The fourth-order valence-corrected chi connectivity index (χ4v) is 10.8. The van der Waals surface area contributed by atoms with Gasteiger partial charge in [-0.05, 0) is 0 Å². The molecule has 0 saturated heterocycles. The molecule has 2 rings (SSSR count). The van der Waals surface area contributed by atoms with Gasteiger partial charge < -0.3 is 37.2 Å². The molecular formula is C18H25Cl3SiTi. The molecule has 1 unspecified atom stereocenters. The predicted molar refractivity (Wildman–Crippen MR) is 87.5 cm³/mol. The SMILES string of the molecule is CC[Si](CC)(c1ccccc1)[C]1([Ti+3])C=CC(C(C)C)=C1.[Cl-].[Cl-].[Cl-]. The second-order valence-corrected chi connectivity index (χ2v) is 13.2. The summed E-state index contributed by atoms with van der Waals surface area (Å²) in [5.74, 6) is 0.629. The standard InChI is InChI=1S/C18H25Si.3ClH.Ti/c1-5-19(6-2,17-10-8-7-9-11-17)18-13-12-16(14-18)15(3)4;;;;/h7-15H,5-6H2,1-4H3;3*1H;/q;;;;+3/p-3. The first kappa shape index (κ1) is 25.7. The van der Waals surface area contributed by atoms with E-state index in [2.05, 4.69) is 96.7 Å². The van der Waals surface area contributed by atoms with Crippen molar-refractivity contribution in [1.29, 1.82) is 0 Å². The van der Waals surface area contributed by atoms with Crippen LogP contribution in [0.25, 0.3) is 0 Å². The second kappa shape index (κ2) is 10.5. The van der Waals surface area contributed by atoms with Crippen molar-refractivity contribution in [3.63, 3.8) is 0 Å². The smallest absolute Gasteiger partial charge is 1.00 e. The molecule has 0 aromatic heterocycles. The monoisotopic (exact) mass is 422 g/mol. The number of halogens is 3. The summed E-state index contributed by atoms with van der Waals surface area (Å²) < 4.78 is 0.261. The third-order valence-corrected chi connectivity index (χ3v) is 13.4. The maximum Gasteiger partial charge on any atom is -1.00 e. The topological polar surface area (TPSA) is 0 Å². The fraction of sp³-hybridized carbons (Fsp3) is 0.444. The maximum atomic E-state index is 2.57. The molecule has 1 aliphatic rings. The molecule has 0 saturated carbocycles. The van der Waals surface area contributed by atoms with Gasteiger partial charge in [0.15, 0.2) is 0 Å². The average Bonchev–Trinajstić information content (AvgIpc) is 2.86. The van der Waals surface area contributed by atoms with Crippen LogP contribution in [0.4, 0.5) is 0 Å². The van der Waals surface area contributed by atoms with E-state index in [0.29, 0.717) is 5.92 Å². The maximum absolute atomic E-state index is 2.57. The van der Waals surface area contributed by atoms with Crippen LogP contribution in [-0.4, -0.2) is 8.07 Å². The van der Waals surface area contributed by atoms with Crippen molar-refractivity contribution >= 4 is 13.3 Å². The van der Waals surface area contributed by atoms with Gasteiger partial charge in [-0.25, -0.2) is 0 Å². The molecule has 0 bridgehead atoms. The largest absolute Gasteiger partial charge is 1.00 e. The van der Waals surface area contributed by atoms with Gasteiger partial charge in [-0.15, -0.1) is 0 Å². The Morgan fingerprint density at radius 1 is 1.00 bits per heavy atom. The van der Waals surface area contributed by atoms with E-state index in [1.165, 1.54) is 17.7 Å². The molecule has 0 heterocycles. The van der Waals surface area contributed by atoms with Crippen LogP contribution in [0, 0.1) is 5.92 Å². The first-order valence-electron chi connectivity index (χ1n) is 7.71. The molecule has 0 fully saturated rings. The summed E-state index contributed by atoms with van der Waals surface area (Å²) in [5, 5.41) is 1.61. The van der Waals surface area contributed by atoms with Crippen molar-refractivity contribution in [3.05, 3.63) is 54.1 Å². The molecule has 0 amide bonds. The Morgan fingerprint density at radius 3 is 1.91 bits per heavy atom. The molecular weight excluding hydrogens is 399 g/mol. The zero-order chi connectivity index (χ0) is 14.8. The molecule has 1 aromatic rings. The Labute approximate surface area is 173 Å². The molecule has 126 valence electrons. The summed E-state index contributed by atoms with van der Waals surface area (Å²) in [6.45, 7) is 9.38. The normalized spacial score (nSPS) is 19.5. The van der Waals surface area contributed by atoms with Gasteiger partial charge in [0.2, 0.25) is 0 Å². The number of hydrogen-bond donors (Lipinski definition) is 0. The van der Waals surface area contributed by atoms with E-state index in [9.17, 15) is 0 Å². The molecule has 0 spiro atoms. The zero-order valence-corrected chi connectivity index (χ0v) is 19.1. The Morgan fingerprint density at radius 2 is 1.52 bits per heavy atom. The average molecular weight is 424 g/mol. The van der Waals surface area contributed by atoms with Crippen LogP contribution < -0.4 is 42.4 Å². The van der Waals surface area contributed by atoms with E-state index in [1.54, 1.807) is 5.19 Å². The van der Waals surface area contributed by atoms with Crippen molar-refractivity contribution < 1.29 is 57.7 Å². The van der Waals surface area contributed by atoms with E-state index >= 15 is 0 Å². The number of allylic oxidation sites excluding steroid dienone is 4. The molecule has 1 atom stereocenters. The van der Waals surface area contributed by atoms with Crippen LogP contribution >= 0.6 is 0 Å². The van der Waals surface area contributed by atoms with Crippen LogP contribution in [0.2, 0.25) is 15.4 Å². The summed E-state index contributed by atoms with van der Waals surface area (Å²) in [6.07, 6.45) is 7.44. The summed E-state index contributed by atoms with van der Waals surface area (Å²) in [4.78, 5) is 0. The quantitative estimate of drug-likeness (QED) is 0.422. The molecule has 1 aromatic carbocycles. The molecule has 1 aliphatic carbocycles. The van der Waals surface area contributed by atoms with Gasteiger partial charge in [0.05, 0.1) is 0 Å². The minimum atomic E-state index is -1.56. The van der Waals surface area contributed by atoms with Crippen LogP contribution in [0.3, 0.4) is 0 Å².